The Kier molecular flexibility index (Phi) is 8.32. The second-order valence-electron chi connectivity index (χ2n) is 9.53. The molecule has 188 valence electrons. The molecule has 0 saturated carbocycles. The number of ether oxygens (including phenoxy) is 1. The zero-order chi connectivity index (χ0) is 25.8. The third kappa shape index (κ3) is 5.73. The SMILES string of the molecule is CC[C@@H](C)N1C(=O)/C(=C/c2cn(-c3ccccc3)nc2-c2ccc(OCCC(C)C)c(C)c2)SC1=S. The molecular formula is C29H33N3O2S2. The van der Waals surface area contributed by atoms with E-state index in [1.165, 1.54) is 11.8 Å². The van der Waals surface area contributed by atoms with Gasteiger partial charge in [0.15, 0.2) is 0 Å². The van der Waals surface area contributed by atoms with Gasteiger partial charge in [-0.15, -0.1) is 0 Å². The van der Waals surface area contributed by atoms with Gasteiger partial charge in [0.1, 0.15) is 15.8 Å². The fourth-order valence-electron chi connectivity index (χ4n) is 3.98. The summed E-state index contributed by atoms with van der Waals surface area (Å²) >= 11 is 6.89. The van der Waals surface area contributed by atoms with Crippen molar-refractivity contribution in [1.29, 1.82) is 0 Å². The van der Waals surface area contributed by atoms with Crippen LogP contribution in [0.4, 0.5) is 0 Å². The number of thiocarbonyl (C=S) groups is 1. The first-order valence-corrected chi connectivity index (χ1v) is 13.7. The Hall–Kier alpha value is -2.90. The van der Waals surface area contributed by atoms with Crippen LogP contribution < -0.4 is 4.74 Å². The molecule has 1 aliphatic heterocycles. The lowest BCUT2D eigenvalue weighted by Crippen LogP contribution is -2.36. The molecular weight excluding hydrogens is 486 g/mol. The van der Waals surface area contributed by atoms with Gasteiger partial charge >= 0.3 is 0 Å². The average Bonchev–Trinajstić information content (AvgIpc) is 3.40. The molecule has 0 aliphatic carbocycles. The van der Waals surface area contributed by atoms with Crippen LogP contribution in [0.15, 0.2) is 59.6 Å². The van der Waals surface area contributed by atoms with Gasteiger partial charge in [-0.3, -0.25) is 9.69 Å². The van der Waals surface area contributed by atoms with Crippen molar-refractivity contribution in [2.45, 2.75) is 53.5 Å². The molecule has 0 unspecified atom stereocenters. The molecule has 2 aromatic carbocycles. The Balaban J connectivity index is 1.72. The van der Waals surface area contributed by atoms with Gasteiger partial charge < -0.3 is 4.74 Å². The Morgan fingerprint density at radius 3 is 2.56 bits per heavy atom. The maximum Gasteiger partial charge on any atom is 0.266 e. The highest BCUT2D eigenvalue weighted by molar-refractivity contribution is 8.26. The summed E-state index contributed by atoms with van der Waals surface area (Å²) in [6.45, 7) is 11.2. The third-order valence-corrected chi connectivity index (χ3v) is 7.64. The summed E-state index contributed by atoms with van der Waals surface area (Å²) in [6, 6.07) is 16.2. The van der Waals surface area contributed by atoms with Crippen LogP contribution in [0, 0.1) is 12.8 Å². The molecule has 1 aromatic heterocycles. The maximum absolute atomic E-state index is 13.2. The van der Waals surface area contributed by atoms with Gasteiger partial charge in [0.2, 0.25) is 0 Å². The molecule has 1 saturated heterocycles. The van der Waals surface area contributed by atoms with E-state index in [1.807, 2.05) is 66.3 Å². The summed E-state index contributed by atoms with van der Waals surface area (Å²) in [6.07, 6.45) is 5.76. The van der Waals surface area contributed by atoms with Gasteiger partial charge in [0.25, 0.3) is 5.91 Å². The van der Waals surface area contributed by atoms with Crippen molar-refractivity contribution >= 4 is 40.3 Å². The molecule has 3 aromatic rings. The number of hydrogen-bond acceptors (Lipinski definition) is 5. The molecule has 4 rings (SSSR count). The van der Waals surface area contributed by atoms with Crippen LogP contribution in [0.25, 0.3) is 23.0 Å². The molecule has 1 aliphatic rings. The fourth-order valence-corrected chi connectivity index (χ4v) is 5.43. The van der Waals surface area contributed by atoms with Crippen LogP contribution in [0.3, 0.4) is 0 Å². The number of aryl methyl sites for hydroxylation is 1. The summed E-state index contributed by atoms with van der Waals surface area (Å²) in [5, 5.41) is 4.93. The number of benzene rings is 2. The van der Waals surface area contributed by atoms with Crippen LogP contribution in [0.5, 0.6) is 5.75 Å². The van der Waals surface area contributed by atoms with Crippen molar-refractivity contribution in [3.63, 3.8) is 0 Å². The van der Waals surface area contributed by atoms with Crippen molar-refractivity contribution in [2.75, 3.05) is 6.61 Å². The van der Waals surface area contributed by atoms with Gasteiger partial charge in [-0.1, -0.05) is 63.0 Å². The van der Waals surface area contributed by atoms with E-state index in [0.29, 0.717) is 21.8 Å². The summed E-state index contributed by atoms with van der Waals surface area (Å²) in [5.41, 5.74) is 4.67. The Bertz CT molecular complexity index is 1280. The number of carbonyl (C=O) groups excluding carboxylic acids is 1. The van der Waals surface area contributed by atoms with Gasteiger partial charge in [-0.2, -0.15) is 5.10 Å². The maximum atomic E-state index is 13.2. The van der Waals surface area contributed by atoms with Crippen LogP contribution in [0.2, 0.25) is 0 Å². The van der Waals surface area contributed by atoms with Crippen molar-refractivity contribution in [2.24, 2.45) is 5.92 Å². The lowest BCUT2D eigenvalue weighted by molar-refractivity contribution is -0.123. The first-order valence-electron chi connectivity index (χ1n) is 12.4. The molecule has 0 N–H and O–H groups in total. The van der Waals surface area contributed by atoms with Crippen LogP contribution >= 0.6 is 24.0 Å². The topological polar surface area (TPSA) is 47.4 Å². The van der Waals surface area contributed by atoms with Gasteiger partial charge in [0.05, 0.1) is 17.2 Å². The van der Waals surface area contributed by atoms with E-state index in [9.17, 15) is 4.79 Å². The fraction of sp³-hybridized carbons (Fsp3) is 0.345. The summed E-state index contributed by atoms with van der Waals surface area (Å²) in [5.74, 6) is 1.45. The summed E-state index contributed by atoms with van der Waals surface area (Å²) < 4.78 is 8.48. The van der Waals surface area contributed by atoms with Crippen molar-refractivity contribution in [1.82, 2.24) is 14.7 Å². The molecule has 2 heterocycles. The third-order valence-electron chi connectivity index (χ3n) is 6.31. The smallest absolute Gasteiger partial charge is 0.266 e. The summed E-state index contributed by atoms with van der Waals surface area (Å²) in [7, 11) is 0. The zero-order valence-electron chi connectivity index (χ0n) is 21.5. The monoisotopic (exact) mass is 519 g/mol. The number of thioether (sulfide) groups is 1. The number of aromatic nitrogens is 2. The number of carbonyl (C=O) groups is 1. The Labute approximate surface area is 223 Å². The highest BCUT2D eigenvalue weighted by atomic mass is 32.2. The van der Waals surface area contributed by atoms with E-state index >= 15 is 0 Å². The standard InChI is InChI=1S/C29H33N3O2S2/c1-6-21(5)32-28(33)26(36-29(32)35)17-23-18-31(24-10-8-7-9-11-24)30-27(23)22-12-13-25(20(4)16-22)34-15-14-19(2)3/h7-13,16-19,21H,6,14-15H2,1-5H3/b26-17-/t21-/m1/s1. The van der Waals surface area contributed by atoms with E-state index < -0.39 is 0 Å². The van der Waals surface area contributed by atoms with Gasteiger partial charge in [-0.05, 0) is 74.6 Å². The predicted octanol–water partition coefficient (Wildman–Crippen LogP) is 7.27. The number of amides is 1. The number of hydrogen-bond donors (Lipinski definition) is 0. The zero-order valence-corrected chi connectivity index (χ0v) is 23.2. The van der Waals surface area contributed by atoms with E-state index in [2.05, 4.69) is 33.8 Å². The number of nitrogens with zero attached hydrogens (tertiary/aromatic N) is 3. The molecule has 0 radical (unpaired) electrons. The molecule has 7 heteroatoms. The molecule has 0 spiro atoms. The first kappa shape index (κ1) is 26.2. The van der Waals surface area contributed by atoms with E-state index in [4.69, 9.17) is 22.1 Å². The van der Waals surface area contributed by atoms with Crippen molar-refractivity contribution in [3.8, 4) is 22.7 Å². The number of rotatable bonds is 9. The van der Waals surface area contributed by atoms with Crippen molar-refractivity contribution in [3.05, 3.63) is 70.8 Å². The molecule has 1 atom stereocenters. The Morgan fingerprint density at radius 2 is 1.89 bits per heavy atom. The Morgan fingerprint density at radius 1 is 1.14 bits per heavy atom. The minimum atomic E-state index is -0.0390. The molecule has 36 heavy (non-hydrogen) atoms. The lowest BCUT2D eigenvalue weighted by Gasteiger charge is -2.21. The highest BCUT2D eigenvalue weighted by Gasteiger charge is 2.35. The first-order chi connectivity index (χ1) is 17.3. The van der Waals surface area contributed by atoms with Crippen LogP contribution in [0.1, 0.15) is 51.7 Å². The van der Waals surface area contributed by atoms with Gasteiger partial charge in [0, 0.05) is 23.4 Å². The minimum Gasteiger partial charge on any atom is -0.493 e. The normalized spacial score (nSPS) is 15.8. The predicted molar refractivity (Wildman–Crippen MR) is 153 cm³/mol. The largest absolute Gasteiger partial charge is 0.493 e. The molecule has 0 bridgehead atoms. The lowest BCUT2D eigenvalue weighted by atomic mass is 10.0. The van der Waals surface area contributed by atoms with Crippen molar-refractivity contribution < 1.29 is 9.53 Å². The van der Waals surface area contributed by atoms with E-state index in [0.717, 1.165) is 46.7 Å². The van der Waals surface area contributed by atoms with E-state index in [-0.39, 0.29) is 11.9 Å². The second kappa shape index (κ2) is 11.4. The molecule has 1 fully saturated rings. The quantitative estimate of drug-likeness (QED) is 0.220. The molecule has 1 amide bonds. The number of para-hydroxylation sites is 1. The van der Waals surface area contributed by atoms with Crippen LogP contribution in [-0.4, -0.2) is 37.6 Å². The average molecular weight is 520 g/mol. The summed E-state index contributed by atoms with van der Waals surface area (Å²) in [4.78, 5) is 15.5. The van der Waals surface area contributed by atoms with E-state index in [1.54, 1.807) is 4.90 Å². The minimum absolute atomic E-state index is 0.0390. The molecule has 5 nitrogen and oxygen atoms in total. The second-order valence-corrected chi connectivity index (χ2v) is 11.2. The van der Waals surface area contributed by atoms with Crippen LogP contribution in [-0.2, 0) is 4.79 Å². The highest BCUT2D eigenvalue weighted by Crippen LogP contribution is 2.37. The van der Waals surface area contributed by atoms with Gasteiger partial charge in [-0.25, -0.2) is 4.68 Å².